The van der Waals surface area contributed by atoms with E-state index in [4.69, 9.17) is 0 Å². The van der Waals surface area contributed by atoms with Gasteiger partial charge < -0.3 is 5.32 Å². The first-order valence-electron chi connectivity index (χ1n) is 7.01. The van der Waals surface area contributed by atoms with Crippen LogP contribution in [0.25, 0.3) is 0 Å². The van der Waals surface area contributed by atoms with Gasteiger partial charge in [-0.05, 0) is 25.7 Å². The fourth-order valence-electron chi connectivity index (χ4n) is 3.43. The summed E-state index contributed by atoms with van der Waals surface area (Å²) in [6.07, 6.45) is 9.12. The maximum Gasteiger partial charge on any atom is 0.207 e. The third-order valence-corrected chi connectivity index (χ3v) is 6.91. The van der Waals surface area contributed by atoms with Crippen LogP contribution < -0.4 is 5.32 Å². The van der Waals surface area contributed by atoms with Gasteiger partial charge in [0.1, 0.15) is 0 Å². The molecule has 0 radical (unpaired) electrons. The molecule has 0 saturated heterocycles. The molecule has 0 aliphatic heterocycles. The van der Waals surface area contributed by atoms with Gasteiger partial charge >= 0.3 is 0 Å². The van der Waals surface area contributed by atoms with Crippen molar-refractivity contribution in [3.05, 3.63) is 0 Å². The van der Waals surface area contributed by atoms with Crippen molar-refractivity contribution in [1.82, 2.24) is 5.32 Å². The van der Waals surface area contributed by atoms with Gasteiger partial charge in [0, 0.05) is 0 Å². The maximum atomic E-state index is 12.4. The van der Waals surface area contributed by atoms with Crippen LogP contribution in [-0.2, 0) is 14.6 Å². The van der Waals surface area contributed by atoms with Crippen molar-refractivity contribution < 1.29 is 13.2 Å². The normalized spacial score (nSPS) is 24.9. The van der Waals surface area contributed by atoms with Crippen LogP contribution in [-0.4, -0.2) is 31.4 Å². The van der Waals surface area contributed by atoms with E-state index in [1.165, 1.54) is 0 Å². The molecule has 4 nitrogen and oxygen atoms in total. The molecule has 2 rings (SSSR count). The Morgan fingerprint density at radius 2 is 1.67 bits per heavy atom. The lowest BCUT2D eigenvalue weighted by Gasteiger charge is -2.37. The van der Waals surface area contributed by atoms with Crippen LogP contribution in [0, 0.1) is 0 Å². The summed E-state index contributed by atoms with van der Waals surface area (Å²) >= 11 is 0. The number of carbonyl (C=O) groups excluding carboxylic acids is 1. The van der Waals surface area contributed by atoms with Crippen LogP contribution >= 0.6 is 0 Å². The quantitative estimate of drug-likeness (QED) is 0.777. The second-order valence-corrected chi connectivity index (χ2v) is 8.10. The topological polar surface area (TPSA) is 63.2 Å². The Labute approximate surface area is 109 Å². The lowest BCUT2D eigenvalue weighted by atomic mass is 9.83. The molecule has 1 amide bonds. The summed E-state index contributed by atoms with van der Waals surface area (Å²) in [6.45, 7) is 0. The number of hydrogen-bond donors (Lipinski definition) is 1. The zero-order chi connectivity index (χ0) is 13.1. The molecular formula is C13H23NO3S. The number of sulfone groups is 1. The molecular weight excluding hydrogens is 250 g/mol. The fourth-order valence-corrected chi connectivity index (χ4v) is 5.86. The summed E-state index contributed by atoms with van der Waals surface area (Å²) < 4.78 is 24.9. The van der Waals surface area contributed by atoms with Gasteiger partial charge in [-0.15, -0.1) is 0 Å². The van der Waals surface area contributed by atoms with Crippen molar-refractivity contribution in [2.75, 3.05) is 5.75 Å². The lowest BCUT2D eigenvalue weighted by molar-refractivity contribution is -0.111. The molecule has 0 unspecified atom stereocenters. The Hall–Kier alpha value is -0.580. The van der Waals surface area contributed by atoms with Crippen molar-refractivity contribution in [2.24, 2.45) is 0 Å². The first-order chi connectivity index (χ1) is 8.58. The molecule has 5 heteroatoms. The van der Waals surface area contributed by atoms with Crippen LogP contribution in [0.5, 0.6) is 0 Å². The minimum atomic E-state index is -3.06. The third-order valence-electron chi connectivity index (χ3n) is 4.46. The summed E-state index contributed by atoms with van der Waals surface area (Å²) in [5.74, 6) is 0.142. The van der Waals surface area contributed by atoms with Crippen LogP contribution in [0.4, 0.5) is 0 Å². The van der Waals surface area contributed by atoms with E-state index in [0.29, 0.717) is 6.41 Å². The van der Waals surface area contributed by atoms with Gasteiger partial charge in [-0.3, -0.25) is 4.79 Å². The highest BCUT2D eigenvalue weighted by atomic mass is 32.2. The van der Waals surface area contributed by atoms with E-state index in [2.05, 4.69) is 5.32 Å². The van der Waals surface area contributed by atoms with Crippen LogP contribution in [0.3, 0.4) is 0 Å². The van der Waals surface area contributed by atoms with Crippen molar-refractivity contribution in [2.45, 2.75) is 68.6 Å². The Kier molecular flexibility index (Phi) is 4.30. The molecule has 18 heavy (non-hydrogen) atoms. The number of carbonyl (C=O) groups is 1. The number of hydrogen-bond acceptors (Lipinski definition) is 3. The van der Waals surface area contributed by atoms with E-state index in [1.807, 2.05) is 0 Å². The third kappa shape index (κ3) is 3.05. The van der Waals surface area contributed by atoms with E-state index < -0.39 is 15.4 Å². The molecule has 0 atom stereocenters. The standard InChI is InChI=1S/C13H23NO3S/c15-11-14-13(8-4-1-5-9-13)10-18(16,17)12-6-2-3-7-12/h11-12H,1-10H2,(H,14,15). The van der Waals surface area contributed by atoms with Crippen LogP contribution in [0.2, 0.25) is 0 Å². The zero-order valence-electron chi connectivity index (χ0n) is 10.9. The molecule has 2 aliphatic carbocycles. The summed E-state index contributed by atoms with van der Waals surface area (Å²) in [6, 6.07) is 0. The van der Waals surface area contributed by atoms with E-state index in [1.54, 1.807) is 0 Å². The molecule has 0 aromatic rings. The highest BCUT2D eigenvalue weighted by Gasteiger charge is 2.40. The Bertz CT molecular complexity index is 379. The van der Waals surface area contributed by atoms with Crippen molar-refractivity contribution in [3.8, 4) is 0 Å². The van der Waals surface area contributed by atoms with Gasteiger partial charge in [0.05, 0.1) is 16.5 Å². The molecule has 104 valence electrons. The molecule has 2 saturated carbocycles. The highest BCUT2D eigenvalue weighted by molar-refractivity contribution is 7.92. The van der Waals surface area contributed by atoms with Gasteiger partial charge in [-0.1, -0.05) is 32.1 Å². The highest BCUT2D eigenvalue weighted by Crippen LogP contribution is 2.33. The number of amides is 1. The monoisotopic (exact) mass is 273 g/mol. The summed E-state index contributed by atoms with van der Waals surface area (Å²) in [4.78, 5) is 10.8. The average Bonchev–Trinajstić information content (AvgIpc) is 2.83. The molecule has 0 aromatic carbocycles. The summed E-state index contributed by atoms with van der Waals surface area (Å²) in [5.41, 5.74) is -0.485. The minimum absolute atomic E-state index is 0.142. The number of rotatable bonds is 5. The Balaban J connectivity index is 2.09. The van der Waals surface area contributed by atoms with Gasteiger partial charge in [0.15, 0.2) is 9.84 Å². The van der Waals surface area contributed by atoms with E-state index in [-0.39, 0.29) is 11.0 Å². The second kappa shape index (κ2) is 5.59. The predicted molar refractivity (Wildman–Crippen MR) is 71.1 cm³/mol. The van der Waals surface area contributed by atoms with Gasteiger partial charge in [-0.2, -0.15) is 0 Å². The molecule has 2 aliphatic rings. The Morgan fingerprint density at radius 3 is 2.22 bits per heavy atom. The smallest absolute Gasteiger partial charge is 0.207 e. The summed E-state index contributed by atoms with van der Waals surface area (Å²) in [7, 11) is -3.06. The first-order valence-corrected chi connectivity index (χ1v) is 8.72. The molecule has 1 N–H and O–H groups in total. The maximum absolute atomic E-state index is 12.4. The Morgan fingerprint density at radius 1 is 1.06 bits per heavy atom. The van der Waals surface area contributed by atoms with Crippen molar-refractivity contribution in [3.63, 3.8) is 0 Å². The molecule has 0 heterocycles. The lowest BCUT2D eigenvalue weighted by Crippen LogP contribution is -2.52. The SMILES string of the molecule is O=CNC1(CS(=O)(=O)C2CCCC2)CCCCC1. The number of nitrogens with one attached hydrogen (secondary N) is 1. The van der Waals surface area contributed by atoms with Crippen molar-refractivity contribution in [1.29, 1.82) is 0 Å². The first kappa shape index (κ1) is 13.8. The van der Waals surface area contributed by atoms with E-state index >= 15 is 0 Å². The average molecular weight is 273 g/mol. The molecule has 2 fully saturated rings. The zero-order valence-corrected chi connectivity index (χ0v) is 11.7. The van der Waals surface area contributed by atoms with E-state index in [9.17, 15) is 13.2 Å². The van der Waals surface area contributed by atoms with Crippen molar-refractivity contribution >= 4 is 16.2 Å². The molecule has 0 bridgehead atoms. The fraction of sp³-hybridized carbons (Fsp3) is 0.923. The van der Waals surface area contributed by atoms with Gasteiger partial charge in [0.25, 0.3) is 0 Å². The molecule has 0 spiro atoms. The van der Waals surface area contributed by atoms with Gasteiger partial charge in [0.2, 0.25) is 6.41 Å². The largest absolute Gasteiger partial charge is 0.352 e. The predicted octanol–water partition coefficient (Wildman–Crippen LogP) is 1.79. The van der Waals surface area contributed by atoms with Gasteiger partial charge in [-0.25, -0.2) is 8.42 Å². The minimum Gasteiger partial charge on any atom is -0.352 e. The second-order valence-electron chi connectivity index (χ2n) is 5.82. The molecule has 0 aromatic heterocycles. The van der Waals surface area contributed by atoms with Crippen LogP contribution in [0.15, 0.2) is 0 Å². The summed E-state index contributed by atoms with van der Waals surface area (Å²) in [5, 5.41) is 2.66. The van der Waals surface area contributed by atoms with Crippen LogP contribution in [0.1, 0.15) is 57.8 Å². The van der Waals surface area contributed by atoms with E-state index in [0.717, 1.165) is 57.8 Å².